The number of nitrogens with zero attached hydrogens (tertiary/aromatic N) is 1. The van der Waals surface area contributed by atoms with Crippen LogP contribution in [0.4, 0.5) is 0 Å². The SMILES string of the molecule is Cc1ccc(CN2CC3C(C2=O)C3(C)C)cc1. The van der Waals surface area contributed by atoms with Gasteiger partial charge in [0, 0.05) is 19.0 Å². The van der Waals surface area contributed by atoms with Crippen molar-refractivity contribution in [1.82, 2.24) is 4.90 Å². The number of carbonyl (C=O) groups excluding carboxylic acids is 1. The Balaban J connectivity index is 1.69. The number of amides is 1. The van der Waals surface area contributed by atoms with Gasteiger partial charge in [-0.15, -0.1) is 0 Å². The van der Waals surface area contributed by atoms with E-state index in [0.29, 0.717) is 17.7 Å². The molecule has 1 aliphatic heterocycles. The number of hydrogen-bond donors (Lipinski definition) is 0. The van der Waals surface area contributed by atoms with Crippen LogP contribution in [0.3, 0.4) is 0 Å². The molecule has 3 rings (SSSR count). The lowest BCUT2D eigenvalue weighted by molar-refractivity contribution is -0.131. The first-order chi connectivity index (χ1) is 8.00. The molecule has 90 valence electrons. The number of aryl methyl sites for hydroxylation is 1. The van der Waals surface area contributed by atoms with Crippen molar-refractivity contribution >= 4 is 5.91 Å². The van der Waals surface area contributed by atoms with Crippen LogP contribution in [0, 0.1) is 24.2 Å². The molecule has 2 nitrogen and oxygen atoms in total. The largest absolute Gasteiger partial charge is 0.338 e. The van der Waals surface area contributed by atoms with E-state index in [1.54, 1.807) is 0 Å². The zero-order valence-corrected chi connectivity index (χ0v) is 10.7. The second-order valence-corrected chi connectivity index (χ2v) is 6.11. The Kier molecular flexibility index (Phi) is 2.13. The van der Waals surface area contributed by atoms with Gasteiger partial charge in [0.25, 0.3) is 0 Å². The van der Waals surface area contributed by atoms with Crippen molar-refractivity contribution in [3.63, 3.8) is 0 Å². The van der Waals surface area contributed by atoms with Gasteiger partial charge in [0.2, 0.25) is 5.91 Å². The van der Waals surface area contributed by atoms with Gasteiger partial charge in [0.1, 0.15) is 0 Å². The van der Waals surface area contributed by atoms with Crippen LogP contribution in [-0.4, -0.2) is 17.4 Å². The average molecular weight is 229 g/mol. The van der Waals surface area contributed by atoms with Crippen LogP contribution in [0.5, 0.6) is 0 Å². The van der Waals surface area contributed by atoms with E-state index in [1.165, 1.54) is 11.1 Å². The number of benzene rings is 1. The molecule has 1 aromatic carbocycles. The lowest BCUT2D eigenvalue weighted by atomic mass is 10.1. The first-order valence-electron chi connectivity index (χ1n) is 6.34. The van der Waals surface area contributed by atoms with E-state index in [9.17, 15) is 4.79 Å². The fourth-order valence-corrected chi connectivity index (χ4v) is 3.16. The Morgan fingerprint density at radius 3 is 2.47 bits per heavy atom. The molecule has 1 saturated heterocycles. The summed E-state index contributed by atoms with van der Waals surface area (Å²) in [5.41, 5.74) is 2.77. The average Bonchev–Trinajstić information content (AvgIpc) is 2.63. The van der Waals surface area contributed by atoms with Gasteiger partial charge < -0.3 is 4.90 Å². The van der Waals surface area contributed by atoms with Crippen molar-refractivity contribution in [2.75, 3.05) is 6.54 Å². The minimum Gasteiger partial charge on any atom is -0.338 e. The predicted molar refractivity (Wildman–Crippen MR) is 67.4 cm³/mol. The van der Waals surface area contributed by atoms with E-state index in [-0.39, 0.29) is 5.41 Å². The second-order valence-electron chi connectivity index (χ2n) is 6.11. The maximum absolute atomic E-state index is 12.2. The highest BCUT2D eigenvalue weighted by Crippen LogP contribution is 2.62. The third kappa shape index (κ3) is 1.58. The molecule has 0 bridgehead atoms. The zero-order chi connectivity index (χ0) is 12.2. The number of hydrogen-bond acceptors (Lipinski definition) is 1. The number of fused-ring (bicyclic) bond motifs is 1. The lowest BCUT2D eigenvalue weighted by Crippen LogP contribution is -2.31. The summed E-state index contributed by atoms with van der Waals surface area (Å²) in [6.45, 7) is 8.24. The lowest BCUT2D eigenvalue weighted by Gasteiger charge is -2.22. The van der Waals surface area contributed by atoms with Gasteiger partial charge in [-0.3, -0.25) is 4.79 Å². The molecule has 2 unspecified atom stereocenters. The Labute approximate surface area is 103 Å². The molecule has 2 aliphatic rings. The molecule has 2 atom stereocenters. The topological polar surface area (TPSA) is 20.3 Å². The van der Waals surface area contributed by atoms with Crippen LogP contribution < -0.4 is 0 Å². The molecule has 2 heteroatoms. The zero-order valence-electron chi connectivity index (χ0n) is 10.7. The first kappa shape index (κ1) is 10.8. The van der Waals surface area contributed by atoms with E-state index >= 15 is 0 Å². The van der Waals surface area contributed by atoms with Gasteiger partial charge in [-0.1, -0.05) is 43.7 Å². The monoisotopic (exact) mass is 229 g/mol. The standard InChI is InChI=1S/C15H19NO/c1-10-4-6-11(7-5-10)8-16-9-12-13(14(16)17)15(12,2)3/h4-7,12-13H,8-9H2,1-3H3. The normalized spacial score (nSPS) is 29.4. The molecule has 0 radical (unpaired) electrons. The summed E-state index contributed by atoms with van der Waals surface area (Å²) >= 11 is 0. The summed E-state index contributed by atoms with van der Waals surface area (Å²) in [6, 6.07) is 8.47. The highest BCUT2D eigenvalue weighted by molar-refractivity contribution is 5.86. The van der Waals surface area contributed by atoms with Crippen molar-refractivity contribution in [2.45, 2.75) is 27.3 Å². The summed E-state index contributed by atoms with van der Waals surface area (Å²) < 4.78 is 0. The van der Waals surface area contributed by atoms with E-state index in [1.807, 2.05) is 4.90 Å². The van der Waals surface area contributed by atoms with E-state index in [2.05, 4.69) is 45.0 Å². The fourth-order valence-electron chi connectivity index (χ4n) is 3.16. The molecule has 1 aromatic rings. The molecular weight excluding hydrogens is 210 g/mol. The van der Waals surface area contributed by atoms with Crippen molar-refractivity contribution in [2.24, 2.45) is 17.3 Å². The molecule has 2 fully saturated rings. The van der Waals surface area contributed by atoms with Crippen LogP contribution in [0.2, 0.25) is 0 Å². The van der Waals surface area contributed by atoms with Crippen molar-refractivity contribution in [1.29, 1.82) is 0 Å². The van der Waals surface area contributed by atoms with Gasteiger partial charge in [-0.05, 0) is 23.8 Å². The van der Waals surface area contributed by atoms with E-state index < -0.39 is 0 Å². The highest BCUT2D eigenvalue weighted by Gasteiger charge is 2.67. The number of carbonyl (C=O) groups is 1. The smallest absolute Gasteiger partial charge is 0.226 e. The summed E-state index contributed by atoms with van der Waals surface area (Å²) in [6.07, 6.45) is 0. The molecule has 1 amide bonds. The summed E-state index contributed by atoms with van der Waals surface area (Å²) in [4.78, 5) is 14.2. The molecule has 17 heavy (non-hydrogen) atoms. The van der Waals surface area contributed by atoms with Crippen molar-refractivity contribution in [3.8, 4) is 0 Å². The molecule has 1 saturated carbocycles. The van der Waals surface area contributed by atoms with E-state index in [0.717, 1.165) is 13.1 Å². The number of piperidine rings is 1. The van der Waals surface area contributed by atoms with Gasteiger partial charge in [-0.25, -0.2) is 0 Å². The first-order valence-corrected chi connectivity index (χ1v) is 6.34. The predicted octanol–water partition coefficient (Wildman–Crippen LogP) is 2.61. The summed E-state index contributed by atoms with van der Waals surface area (Å²) in [5, 5.41) is 0. The second kappa shape index (κ2) is 3.34. The quantitative estimate of drug-likeness (QED) is 0.763. The molecular formula is C15H19NO. The Morgan fingerprint density at radius 1 is 1.29 bits per heavy atom. The molecule has 0 spiro atoms. The van der Waals surface area contributed by atoms with Gasteiger partial charge in [0.05, 0.1) is 0 Å². The Hall–Kier alpha value is -1.31. The minimum absolute atomic E-state index is 0.265. The van der Waals surface area contributed by atoms with Crippen LogP contribution in [-0.2, 0) is 11.3 Å². The molecule has 0 N–H and O–H groups in total. The maximum atomic E-state index is 12.2. The molecule has 0 aromatic heterocycles. The fraction of sp³-hybridized carbons (Fsp3) is 0.533. The third-order valence-electron chi connectivity index (χ3n) is 4.54. The molecule has 1 heterocycles. The van der Waals surface area contributed by atoms with Gasteiger partial charge >= 0.3 is 0 Å². The van der Waals surface area contributed by atoms with Crippen LogP contribution in [0.25, 0.3) is 0 Å². The summed E-state index contributed by atoms with van der Waals surface area (Å²) in [7, 11) is 0. The Bertz CT molecular complexity index is 460. The summed E-state index contributed by atoms with van der Waals surface area (Å²) in [5.74, 6) is 1.26. The Morgan fingerprint density at radius 2 is 1.94 bits per heavy atom. The van der Waals surface area contributed by atoms with E-state index in [4.69, 9.17) is 0 Å². The van der Waals surface area contributed by atoms with Crippen molar-refractivity contribution < 1.29 is 4.79 Å². The number of likely N-dealkylation sites (tertiary alicyclic amines) is 1. The van der Waals surface area contributed by atoms with Crippen LogP contribution in [0.15, 0.2) is 24.3 Å². The van der Waals surface area contributed by atoms with Crippen LogP contribution >= 0.6 is 0 Å². The molecule has 1 aliphatic carbocycles. The van der Waals surface area contributed by atoms with Gasteiger partial charge in [0.15, 0.2) is 0 Å². The maximum Gasteiger partial charge on any atom is 0.226 e. The number of rotatable bonds is 2. The van der Waals surface area contributed by atoms with Gasteiger partial charge in [-0.2, -0.15) is 0 Å². The van der Waals surface area contributed by atoms with Crippen molar-refractivity contribution in [3.05, 3.63) is 35.4 Å². The van der Waals surface area contributed by atoms with Crippen LogP contribution in [0.1, 0.15) is 25.0 Å². The minimum atomic E-state index is 0.265. The highest BCUT2D eigenvalue weighted by atomic mass is 16.2. The third-order valence-corrected chi connectivity index (χ3v) is 4.54.